The first-order chi connectivity index (χ1) is 15.6. The number of hydrogen-bond donors (Lipinski definition) is 1. The molecule has 2 aliphatic heterocycles. The first-order valence-corrected chi connectivity index (χ1v) is 11.1. The number of hydrogen-bond acceptors (Lipinski definition) is 6. The molecule has 2 aromatic carbocycles. The quantitative estimate of drug-likeness (QED) is 0.561. The third kappa shape index (κ3) is 5.39. The Labute approximate surface area is 212 Å². The topological polar surface area (TPSA) is 69.1 Å². The Balaban J connectivity index is 0.00000162. The summed E-state index contributed by atoms with van der Waals surface area (Å²) >= 11 is 0. The summed E-state index contributed by atoms with van der Waals surface area (Å²) in [6.07, 6.45) is -0.934. The van der Waals surface area contributed by atoms with Gasteiger partial charge in [-0.15, -0.1) is 24.8 Å². The average Bonchev–Trinajstić information content (AvgIpc) is 3.25. The van der Waals surface area contributed by atoms with Gasteiger partial charge in [-0.25, -0.2) is 4.79 Å². The lowest BCUT2D eigenvalue weighted by Gasteiger charge is -2.37. The Morgan fingerprint density at radius 3 is 2.50 bits per heavy atom. The summed E-state index contributed by atoms with van der Waals surface area (Å²) in [5.41, 5.74) is 4.87. The molecule has 0 bridgehead atoms. The highest BCUT2D eigenvalue weighted by Crippen LogP contribution is 2.28. The standard InChI is InChI=1S/C25H28N4O3.2ClH/c1-18-8-9-21-22(26-18)6-3-7-23(21)28-12-10-27(11-13-28)17-24(30)19-4-2-5-20(16-19)29-14-15-32-25(29)31;;/h2-9,16,24,30H,10-15,17H2,1H3;2*1H. The molecule has 9 heteroatoms. The first-order valence-electron chi connectivity index (χ1n) is 11.1. The molecule has 7 nitrogen and oxygen atoms in total. The Morgan fingerprint density at radius 2 is 1.76 bits per heavy atom. The number of halogens is 2. The predicted octanol–water partition coefficient (Wildman–Crippen LogP) is 4.20. The summed E-state index contributed by atoms with van der Waals surface area (Å²) in [5.74, 6) is 0. The summed E-state index contributed by atoms with van der Waals surface area (Å²) in [5, 5.41) is 12.0. The number of nitrogens with zero attached hydrogens (tertiary/aromatic N) is 4. The molecule has 1 unspecified atom stereocenters. The summed E-state index contributed by atoms with van der Waals surface area (Å²) < 4.78 is 5.03. The molecule has 0 radical (unpaired) electrons. The van der Waals surface area contributed by atoms with Gasteiger partial charge >= 0.3 is 6.09 Å². The maximum atomic E-state index is 11.8. The minimum atomic E-state index is -0.607. The third-order valence-corrected chi connectivity index (χ3v) is 6.32. The lowest BCUT2D eigenvalue weighted by atomic mass is 10.1. The van der Waals surface area contributed by atoms with Crippen LogP contribution in [0, 0.1) is 6.92 Å². The van der Waals surface area contributed by atoms with Crippen molar-refractivity contribution in [2.24, 2.45) is 0 Å². The number of rotatable bonds is 5. The van der Waals surface area contributed by atoms with Gasteiger partial charge in [0.05, 0.1) is 18.2 Å². The number of aryl methyl sites for hydroxylation is 1. The molecule has 3 heterocycles. The van der Waals surface area contributed by atoms with Crippen LogP contribution in [0.3, 0.4) is 0 Å². The van der Waals surface area contributed by atoms with Crippen LogP contribution in [-0.4, -0.2) is 67.0 Å². The first kappa shape index (κ1) is 26.0. The number of piperazine rings is 1. The van der Waals surface area contributed by atoms with E-state index in [4.69, 9.17) is 4.74 Å². The van der Waals surface area contributed by atoms with Crippen molar-refractivity contribution in [3.05, 3.63) is 65.9 Å². The Bertz CT molecular complexity index is 1140. The Morgan fingerprint density at radius 1 is 1.00 bits per heavy atom. The van der Waals surface area contributed by atoms with Crippen molar-refractivity contribution >= 4 is 53.2 Å². The molecule has 0 spiro atoms. The molecule has 182 valence electrons. The molecule has 1 aromatic heterocycles. The zero-order chi connectivity index (χ0) is 22.1. The SMILES string of the molecule is Cc1ccc2c(N3CCN(CC(O)c4cccc(N5CCOC5=O)c4)CC3)cccc2n1.Cl.Cl. The smallest absolute Gasteiger partial charge is 0.414 e. The maximum Gasteiger partial charge on any atom is 0.414 e. The largest absolute Gasteiger partial charge is 0.447 e. The van der Waals surface area contributed by atoms with Crippen LogP contribution in [0.4, 0.5) is 16.2 Å². The molecule has 2 aliphatic rings. The van der Waals surface area contributed by atoms with Crippen molar-refractivity contribution in [1.29, 1.82) is 0 Å². The number of fused-ring (bicyclic) bond motifs is 1. The minimum absolute atomic E-state index is 0. The zero-order valence-corrected chi connectivity index (χ0v) is 20.7. The number of amides is 1. The van der Waals surface area contributed by atoms with E-state index in [-0.39, 0.29) is 30.9 Å². The molecule has 5 rings (SSSR count). The number of ether oxygens (including phenoxy) is 1. The fourth-order valence-electron chi connectivity index (χ4n) is 4.57. The number of β-amino-alcohol motifs (C(OH)–C–C–N with tert-alkyl or cyclic N) is 1. The normalized spacial score (nSPS) is 17.2. The Hall–Kier alpha value is -2.58. The van der Waals surface area contributed by atoms with Crippen molar-refractivity contribution < 1.29 is 14.6 Å². The van der Waals surface area contributed by atoms with Crippen LogP contribution in [0.5, 0.6) is 0 Å². The van der Waals surface area contributed by atoms with Crippen molar-refractivity contribution in [3.63, 3.8) is 0 Å². The van der Waals surface area contributed by atoms with Gasteiger partial charge in [0.25, 0.3) is 0 Å². The van der Waals surface area contributed by atoms with Crippen molar-refractivity contribution in [3.8, 4) is 0 Å². The molecule has 3 aromatic rings. The van der Waals surface area contributed by atoms with Gasteiger partial charge in [0.2, 0.25) is 0 Å². The van der Waals surface area contributed by atoms with E-state index in [2.05, 4.69) is 45.1 Å². The van der Waals surface area contributed by atoms with Crippen LogP contribution in [0.1, 0.15) is 17.4 Å². The molecule has 1 N–H and O–H groups in total. The number of aromatic nitrogens is 1. The molecule has 1 atom stereocenters. The monoisotopic (exact) mass is 504 g/mol. The number of aliphatic hydroxyl groups is 1. The highest BCUT2D eigenvalue weighted by atomic mass is 35.5. The van der Waals surface area contributed by atoms with Crippen LogP contribution < -0.4 is 9.80 Å². The second-order valence-corrected chi connectivity index (χ2v) is 8.46. The van der Waals surface area contributed by atoms with E-state index in [1.807, 2.05) is 31.2 Å². The van der Waals surface area contributed by atoms with Gasteiger partial charge < -0.3 is 14.7 Å². The molecular formula is C25H30Cl2N4O3. The van der Waals surface area contributed by atoms with Crippen molar-refractivity contribution in [1.82, 2.24) is 9.88 Å². The Kier molecular flexibility index (Phi) is 8.60. The summed E-state index contributed by atoms with van der Waals surface area (Å²) in [7, 11) is 0. The number of cyclic esters (lactones) is 1. The summed E-state index contributed by atoms with van der Waals surface area (Å²) in [4.78, 5) is 22.8. The van der Waals surface area contributed by atoms with Gasteiger partial charge in [-0.1, -0.05) is 18.2 Å². The fraction of sp³-hybridized carbons (Fsp3) is 0.360. The zero-order valence-electron chi connectivity index (χ0n) is 19.1. The van der Waals surface area contributed by atoms with Crippen molar-refractivity contribution in [2.75, 3.05) is 55.7 Å². The number of carbonyl (C=O) groups excluding carboxylic acids is 1. The summed E-state index contributed by atoms with van der Waals surface area (Å²) in [6, 6.07) is 18.1. The van der Waals surface area contributed by atoms with Crippen LogP contribution in [0.15, 0.2) is 54.6 Å². The van der Waals surface area contributed by atoms with E-state index in [1.165, 1.54) is 11.1 Å². The van der Waals surface area contributed by atoms with E-state index in [0.717, 1.165) is 48.6 Å². The number of anilines is 2. The van der Waals surface area contributed by atoms with Gasteiger partial charge in [0.15, 0.2) is 0 Å². The van der Waals surface area contributed by atoms with Crippen molar-refractivity contribution in [2.45, 2.75) is 13.0 Å². The van der Waals surface area contributed by atoms with E-state index in [9.17, 15) is 9.90 Å². The van der Waals surface area contributed by atoms with Gasteiger partial charge in [0, 0.05) is 55.2 Å². The van der Waals surface area contributed by atoms with E-state index < -0.39 is 6.10 Å². The van der Waals surface area contributed by atoms with Gasteiger partial charge in [-0.05, 0) is 48.9 Å². The third-order valence-electron chi connectivity index (χ3n) is 6.32. The minimum Gasteiger partial charge on any atom is -0.447 e. The highest BCUT2D eigenvalue weighted by molar-refractivity contribution is 5.92. The van der Waals surface area contributed by atoms with Crippen LogP contribution in [-0.2, 0) is 4.74 Å². The fourth-order valence-corrected chi connectivity index (χ4v) is 4.57. The molecule has 0 aliphatic carbocycles. The second kappa shape index (κ2) is 11.2. The average molecular weight is 505 g/mol. The number of aliphatic hydroxyl groups excluding tert-OH is 1. The van der Waals surface area contributed by atoms with Gasteiger partial charge in [0.1, 0.15) is 6.61 Å². The summed E-state index contributed by atoms with van der Waals surface area (Å²) in [6.45, 7) is 7.10. The number of carbonyl (C=O) groups is 1. The van der Waals surface area contributed by atoms with Gasteiger partial charge in [-0.3, -0.25) is 14.8 Å². The van der Waals surface area contributed by atoms with Gasteiger partial charge in [-0.2, -0.15) is 0 Å². The lowest BCUT2D eigenvalue weighted by molar-refractivity contribution is 0.109. The van der Waals surface area contributed by atoms with Crippen LogP contribution in [0.2, 0.25) is 0 Å². The predicted molar refractivity (Wildman–Crippen MR) is 140 cm³/mol. The number of pyridine rings is 1. The molecule has 2 saturated heterocycles. The molecule has 1 amide bonds. The number of benzene rings is 2. The molecule has 2 fully saturated rings. The lowest BCUT2D eigenvalue weighted by Crippen LogP contribution is -2.47. The maximum absolute atomic E-state index is 11.8. The molecule has 0 saturated carbocycles. The molecule has 34 heavy (non-hydrogen) atoms. The van der Waals surface area contributed by atoms with Crippen LogP contribution >= 0.6 is 24.8 Å². The van der Waals surface area contributed by atoms with Crippen LogP contribution in [0.25, 0.3) is 10.9 Å². The highest BCUT2D eigenvalue weighted by Gasteiger charge is 2.25. The molecular weight excluding hydrogens is 475 g/mol. The van der Waals surface area contributed by atoms with E-state index >= 15 is 0 Å². The second-order valence-electron chi connectivity index (χ2n) is 8.46. The van der Waals surface area contributed by atoms with E-state index in [1.54, 1.807) is 4.90 Å². The van der Waals surface area contributed by atoms with E-state index in [0.29, 0.717) is 19.7 Å².